The number of carbonyl (C=O) groups is 1. The minimum atomic E-state index is -0.459. The van der Waals surface area contributed by atoms with Crippen molar-refractivity contribution in [1.82, 2.24) is 4.98 Å². The van der Waals surface area contributed by atoms with Crippen LogP contribution in [0.1, 0.15) is 15.4 Å². The highest BCUT2D eigenvalue weighted by atomic mass is 32.1. The molecule has 0 radical (unpaired) electrons. The number of para-hydroxylation sites is 1. The molecular weight excluding hydrogens is 300 g/mol. The summed E-state index contributed by atoms with van der Waals surface area (Å²) in [5, 5.41) is 11.0. The summed E-state index contributed by atoms with van der Waals surface area (Å²) < 4.78 is 0.967. The van der Waals surface area contributed by atoms with E-state index < -0.39 is 4.92 Å². The summed E-state index contributed by atoms with van der Waals surface area (Å²) >= 11 is 1.35. The molecule has 2 aromatic carbocycles. The molecule has 0 bridgehead atoms. The van der Waals surface area contributed by atoms with Gasteiger partial charge in [-0.15, -0.1) is 11.3 Å². The number of thiazole rings is 1. The Kier molecular flexibility index (Phi) is 3.76. The topological polar surface area (TPSA) is 73.1 Å². The van der Waals surface area contributed by atoms with Crippen LogP contribution in [-0.2, 0) is 0 Å². The second-order valence-electron chi connectivity index (χ2n) is 4.53. The van der Waals surface area contributed by atoms with Gasteiger partial charge in [0.15, 0.2) is 5.01 Å². The Bertz CT molecular complexity index is 849. The van der Waals surface area contributed by atoms with E-state index in [0.29, 0.717) is 5.01 Å². The maximum Gasteiger partial charge on any atom is 0.269 e. The van der Waals surface area contributed by atoms with Crippen molar-refractivity contribution in [2.45, 2.75) is 0 Å². The predicted octanol–water partition coefficient (Wildman–Crippen LogP) is 4.10. The zero-order valence-corrected chi connectivity index (χ0v) is 12.1. The number of non-ortho nitro benzene ring substituents is 1. The fourth-order valence-electron chi connectivity index (χ4n) is 1.93. The Balaban J connectivity index is 1.79. The Morgan fingerprint density at radius 3 is 2.55 bits per heavy atom. The van der Waals surface area contributed by atoms with Gasteiger partial charge in [-0.25, -0.2) is 4.98 Å². The molecule has 1 aromatic heterocycles. The normalized spacial score (nSPS) is 11.1. The molecule has 0 spiro atoms. The summed E-state index contributed by atoms with van der Waals surface area (Å²) in [7, 11) is 0. The maximum absolute atomic E-state index is 12.1. The van der Waals surface area contributed by atoms with Gasteiger partial charge in [-0.2, -0.15) is 0 Å². The minimum absolute atomic E-state index is 0.0228. The first-order valence-electron chi connectivity index (χ1n) is 6.46. The Morgan fingerprint density at radius 1 is 1.14 bits per heavy atom. The van der Waals surface area contributed by atoms with E-state index in [4.69, 9.17) is 0 Å². The minimum Gasteiger partial charge on any atom is -0.287 e. The lowest BCUT2D eigenvalue weighted by atomic mass is 10.2. The van der Waals surface area contributed by atoms with E-state index >= 15 is 0 Å². The van der Waals surface area contributed by atoms with E-state index in [1.807, 2.05) is 24.3 Å². The van der Waals surface area contributed by atoms with Crippen molar-refractivity contribution >= 4 is 39.1 Å². The number of nitro benzene ring substituents is 1. The fourth-order valence-corrected chi connectivity index (χ4v) is 2.81. The van der Waals surface area contributed by atoms with Gasteiger partial charge in [0.05, 0.1) is 15.1 Å². The number of hydrogen-bond acceptors (Lipinski definition) is 5. The predicted molar refractivity (Wildman–Crippen MR) is 86.1 cm³/mol. The number of allylic oxidation sites excluding steroid dienone is 1. The lowest BCUT2D eigenvalue weighted by Gasteiger charge is -1.93. The Morgan fingerprint density at radius 2 is 1.86 bits per heavy atom. The average Bonchev–Trinajstić information content (AvgIpc) is 2.97. The fraction of sp³-hybridized carbons (Fsp3) is 0. The molecule has 0 unspecified atom stereocenters. The van der Waals surface area contributed by atoms with Gasteiger partial charge >= 0.3 is 0 Å². The summed E-state index contributed by atoms with van der Waals surface area (Å²) in [6.07, 6.45) is 3.05. The van der Waals surface area contributed by atoms with Crippen LogP contribution in [0.4, 0.5) is 5.69 Å². The van der Waals surface area contributed by atoms with Crippen molar-refractivity contribution in [1.29, 1.82) is 0 Å². The second-order valence-corrected chi connectivity index (χ2v) is 5.56. The summed E-state index contributed by atoms with van der Waals surface area (Å²) in [6.45, 7) is 0. The lowest BCUT2D eigenvalue weighted by Crippen LogP contribution is -1.92. The van der Waals surface area contributed by atoms with Crippen molar-refractivity contribution < 1.29 is 9.72 Å². The van der Waals surface area contributed by atoms with Crippen LogP contribution in [0.3, 0.4) is 0 Å². The molecule has 0 aliphatic rings. The quantitative estimate of drug-likeness (QED) is 0.315. The monoisotopic (exact) mass is 310 g/mol. The van der Waals surface area contributed by atoms with Gasteiger partial charge in [-0.3, -0.25) is 14.9 Å². The van der Waals surface area contributed by atoms with Gasteiger partial charge in [-0.05, 0) is 35.9 Å². The van der Waals surface area contributed by atoms with Gasteiger partial charge in [0, 0.05) is 12.1 Å². The molecule has 0 saturated carbocycles. The number of rotatable bonds is 4. The van der Waals surface area contributed by atoms with Crippen molar-refractivity contribution in [3.8, 4) is 0 Å². The van der Waals surface area contributed by atoms with Gasteiger partial charge < -0.3 is 0 Å². The van der Waals surface area contributed by atoms with Gasteiger partial charge in [0.2, 0.25) is 5.78 Å². The lowest BCUT2D eigenvalue weighted by molar-refractivity contribution is -0.384. The van der Waals surface area contributed by atoms with Crippen molar-refractivity contribution in [3.05, 3.63) is 75.3 Å². The number of benzene rings is 2. The van der Waals surface area contributed by atoms with E-state index in [1.165, 1.54) is 29.5 Å². The molecule has 3 aromatic rings. The molecule has 0 atom stereocenters. The zero-order chi connectivity index (χ0) is 15.5. The molecule has 0 saturated heterocycles. The average molecular weight is 310 g/mol. The maximum atomic E-state index is 12.1. The molecule has 0 fully saturated rings. The van der Waals surface area contributed by atoms with Crippen molar-refractivity contribution in [3.63, 3.8) is 0 Å². The SMILES string of the molecule is O=C(C=Cc1ccc([N+](=O)[O-])cc1)c1nc2ccccc2s1. The molecule has 0 aliphatic heterocycles. The van der Waals surface area contributed by atoms with Crippen LogP contribution in [0.15, 0.2) is 54.6 Å². The van der Waals surface area contributed by atoms with Crippen LogP contribution in [0, 0.1) is 10.1 Å². The molecule has 6 heteroatoms. The molecule has 0 aliphatic carbocycles. The smallest absolute Gasteiger partial charge is 0.269 e. The van der Waals surface area contributed by atoms with Gasteiger partial charge in [0.25, 0.3) is 5.69 Å². The van der Waals surface area contributed by atoms with Crippen LogP contribution in [-0.4, -0.2) is 15.7 Å². The number of hydrogen-bond donors (Lipinski definition) is 0. The number of fused-ring (bicyclic) bond motifs is 1. The van der Waals surface area contributed by atoms with Crippen molar-refractivity contribution in [2.24, 2.45) is 0 Å². The Labute approximate surface area is 129 Å². The number of nitrogens with zero attached hydrogens (tertiary/aromatic N) is 2. The van der Waals surface area contributed by atoms with Crippen LogP contribution in [0.2, 0.25) is 0 Å². The van der Waals surface area contributed by atoms with E-state index in [9.17, 15) is 14.9 Å². The highest BCUT2D eigenvalue weighted by Gasteiger charge is 2.09. The zero-order valence-electron chi connectivity index (χ0n) is 11.3. The third-order valence-electron chi connectivity index (χ3n) is 3.04. The Hall–Kier alpha value is -2.86. The van der Waals surface area contributed by atoms with Crippen LogP contribution < -0.4 is 0 Å². The van der Waals surface area contributed by atoms with E-state index in [0.717, 1.165) is 15.8 Å². The first-order valence-corrected chi connectivity index (χ1v) is 7.27. The highest BCUT2D eigenvalue weighted by Crippen LogP contribution is 2.22. The second kappa shape index (κ2) is 5.87. The molecule has 3 rings (SSSR count). The van der Waals surface area contributed by atoms with E-state index in [-0.39, 0.29) is 11.5 Å². The summed E-state index contributed by atoms with van der Waals surface area (Å²) in [5.74, 6) is -0.181. The molecule has 108 valence electrons. The van der Waals surface area contributed by atoms with Gasteiger partial charge in [0.1, 0.15) is 0 Å². The standard InChI is InChI=1S/C16H10N2O3S/c19-14(16-17-13-3-1-2-4-15(13)22-16)10-7-11-5-8-12(9-6-11)18(20)21/h1-10H. The third-order valence-corrected chi connectivity index (χ3v) is 4.09. The number of nitro groups is 1. The van der Waals surface area contributed by atoms with Crippen LogP contribution in [0.25, 0.3) is 16.3 Å². The van der Waals surface area contributed by atoms with E-state index in [1.54, 1.807) is 18.2 Å². The number of aromatic nitrogens is 1. The van der Waals surface area contributed by atoms with Gasteiger partial charge in [-0.1, -0.05) is 18.2 Å². The van der Waals surface area contributed by atoms with Crippen molar-refractivity contribution in [2.75, 3.05) is 0 Å². The first kappa shape index (κ1) is 14.1. The molecular formula is C16H10N2O3S. The summed E-state index contributed by atoms with van der Waals surface area (Å²) in [4.78, 5) is 26.5. The largest absolute Gasteiger partial charge is 0.287 e. The molecule has 1 heterocycles. The molecule has 22 heavy (non-hydrogen) atoms. The molecule has 5 nitrogen and oxygen atoms in total. The molecule has 0 N–H and O–H groups in total. The third kappa shape index (κ3) is 2.91. The molecule has 0 amide bonds. The van der Waals surface area contributed by atoms with E-state index in [2.05, 4.69) is 4.98 Å². The number of carbonyl (C=O) groups excluding carboxylic acids is 1. The van der Waals surface area contributed by atoms with Crippen LogP contribution in [0.5, 0.6) is 0 Å². The summed E-state index contributed by atoms with van der Waals surface area (Å²) in [5.41, 5.74) is 1.55. The summed E-state index contributed by atoms with van der Waals surface area (Å²) in [6, 6.07) is 13.6. The first-order chi connectivity index (χ1) is 10.6. The number of ketones is 1. The van der Waals surface area contributed by atoms with Crippen LogP contribution >= 0.6 is 11.3 Å². The highest BCUT2D eigenvalue weighted by molar-refractivity contribution is 7.20.